The van der Waals surface area contributed by atoms with E-state index < -0.39 is 0 Å². The van der Waals surface area contributed by atoms with Crippen molar-refractivity contribution in [2.45, 2.75) is 57.9 Å². The van der Waals surface area contributed by atoms with Crippen molar-refractivity contribution in [2.24, 2.45) is 0 Å². The molecule has 7 nitrogen and oxygen atoms in total. The first-order valence-electron chi connectivity index (χ1n) is 14.5. The highest BCUT2D eigenvalue weighted by atomic mass is 32.1. The zero-order valence-electron chi connectivity index (χ0n) is 25.3. The van der Waals surface area contributed by atoms with Gasteiger partial charge in [-0.3, -0.25) is 0 Å². The van der Waals surface area contributed by atoms with Gasteiger partial charge < -0.3 is 25.2 Å². The van der Waals surface area contributed by atoms with E-state index in [1.165, 1.54) is 23.8 Å². The number of aromatic nitrogens is 2. The highest BCUT2D eigenvalue weighted by molar-refractivity contribution is 7.67. The molecule has 1 aliphatic rings. The van der Waals surface area contributed by atoms with Crippen molar-refractivity contribution >= 4 is 63.6 Å². The van der Waals surface area contributed by atoms with E-state index in [0.717, 1.165) is 46.2 Å². The Bertz CT molecular complexity index is 1460. The summed E-state index contributed by atoms with van der Waals surface area (Å²) in [6.45, 7) is 11.4. The lowest BCUT2D eigenvalue weighted by Gasteiger charge is -2.36. The molecule has 3 heterocycles. The maximum absolute atomic E-state index is 5.83. The Morgan fingerprint density at radius 2 is 1.68 bits per heavy atom. The third-order valence-corrected chi connectivity index (χ3v) is 11.9. The molecule has 5 rings (SSSR count). The predicted octanol–water partition coefficient (Wildman–Crippen LogP) is 7.64. The van der Waals surface area contributed by atoms with Crippen molar-refractivity contribution in [2.75, 3.05) is 49.8 Å². The van der Waals surface area contributed by atoms with Crippen LogP contribution < -0.4 is 25.6 Å². The predicted molar refractivity (Wildman–Crippen MR) is 179 cm³/mol. The van der Waals surface area contributed by atoms with Crippen molar-refractivity contribution in [1.29, 1.82) is 0 Å². The van der Waals surface area contributed by atoms with Crippen LogP contribution in [0.15, 0.2) is 53.9 Å². The van der Waals surface area contributed by atoms with Gasteiger partial charge in [-0.15, -0.1) is 11.3 Å². The van der Waals surface area contributed by atoms with Gasteiger partial charge in [0, 0.05) is 36.6 Å². The van der Waals surface area contributed by atoms with E-state index in [4.69, 9.17) is 14.7 Å². The van der Waals surface area contributed by atoms with Crippen molar-refractivity contribution in [1.82, 2.24) is 14.9 Å². The minimum Gasteiger partial charge on any atom is -0.494 e. The van der Waals surface area contributed by atoms with Crippen LogP contribution in [0, 0.1) is 0 Å². The fourth-order valence-electron chi connectivity index (χ4n) is 5.83. The summed E-state index contributed by atoms with van der Waals surface area (Å²) in [7, 11) is 5.74. The van der Waals surface area contributed by atoms with Gasteiger partial charge in [-0.2, -0.15) is 4.98 Å². The van der Waals surface area contributed by atoms with Crippen LogP contribution in [0.5, 0.6) is 5.75 Å². The first-order chi connectivity index (χ1) is 19.7. The van der Waals surface area contributed by atoms with Crippen LogP contribution in [-0.4, -0.2) is 66.5 Å². The number of hydrogen-bond donors (Lipinski definition) is 2. The lowest BCUT2D eigenvalue weighted by atomic mass is 10.0. The van der Waals surface area contributed by atoms with Crippen LogP contribution in [0.4, 0.5) is 28.8 Å². The molecule has 1 aliphatic heterocycles. The molecule has 0 atom stereocenters. The summed E-state index contributed by atoms with van der Waals surface area (Å²) in [5, 5.41) is 10.6. The monoisotopic (exact) mass is 590 g/mol. The van der Waals surface area contributed by atoms with E-state index in [9.17, 15) is 0 Å². The first-order valence-corrected chi connectivity index (χ1v) is 16.9. The van der Waals surface area contributed by atoms with Crippen LogP contribution in [0.1, 0.15) is 40.5 Å². The molecule has 1 saturated heterocycles. The maximum Gasteiger partial charge on any atom is 0.229 e. The Labute approximate surface area is 250 Å². The number of nitrogens with zero attached hydrogens (tertiary/aromatic N) is 4. The Morgan fingerprint density at radius 1 is 0.951 bits per heavy atom. The van der Waals surface area contributed by atoms with Crippen LogP contribution in [0.25, 0.3) is 10.2 Å². The second-order valence-electron chi connectivity index (χ2n) is 11.5. The third kappa shape index (κ3) is 6.61. The summed E-state index contributed by atoms with van der Waals surface area (Å²) in [6.07, 6.45) is 2.33. The van der Waals surface area contributed by atoms with Crippen LogP contribution in [0.3, 0.4) is 0 Å². The number of methoxy groups -OCH3 is 1. The fraction of sp³-hybridized carbons (Fsp3) is 0.438. The van der Waals surface area contributed by atoms with Crippen LogP contribution in [-0.2, 0) is 0 Å². The van der Waals surface area contributed by atoms with E-state index in [0.29, 0.717) is 23.3 Å². The van der Waals surface area contributed by atoms with Crippen molar-refractivity contribution in [3.8, 4) is 5.75 Å². The average Bonchev–Trinajstić information content (AvgIpc) is 3.43. The molecule has 0 radical (unpaired) electrons. The first kappa shape index (κ1) is 29.6. The molecule has 0 aliphatic carbocycles. The SMILES string of the molecule is COc1cc(N2CCC(N(C)C)CC2)ccc1Nc1nc(Nc2ccccc2P(C(C)C)C(C)C)c2sccc2n1. The molecule has 2 N–H and O–H groups in total. The van der Waals surface area contributed by atoms with Gasteiger partial charge in [-0.25, -0.2) is 4.98 Å². The van der Waals surface area contributed by atoms with Crippen LogP contribution in [0.2, 0.25) is 0 Å². The minimum atomic E-state index is -0.332. The highest BCUT2D eigenvalue weighted by Gasteiger charge is 2.24. The molecule has 0 unspecified atom stereocenters. The quantitative estimate of drug-likeness (QED) is 0.184. The van der Waals surface area contributed by atoms with Gasteiger partial charge in [0.2, 0.25) is 5.95 Å². The lowest BCUT2D eigenvalue weighted by Crippen LogP contribution is -2.41. The van der Waals surface area contributed by atoms with Gasteiger partial charge in [0.25, 0.3) is 0 Å². The molecule has 0 amide bonds. The molecule has 9 heteroatoms. The lowest BCUT2D eigenvalue weighted by molar-refractivity contribution is 0.249. The number of piperidine rings is 1. The summed E-state index contributed by atoms with van der Waals surface area (Å²) < 4.78 is 6.88. The standard InChI is InChI=1S/C32H43N6OPS/c1-21(2)40(22(3)4)29-11-9-8-10-26(29)33-31-30-27(16-19-41-30)35-32(36-31)34-25-13-12-24(20-28(25)39-7)38-17-14-23(15-18-38)37(5)6/h8-13,16,19-23H,14-15,17-18H2,1-7H3,(H2,33,34,35,36). The summed E-state index contributed by atoms with van der Waals surface area (Å²) in [6, 6.07) is 17.8. The van der Waals surface area contributed by atoms with E-state index in [1.54, 1.807) is 18.4 Å². The Kier molecular flexibility index (Phi) is 9.32. The minimum absolute atomic E-state index is 0.332. The number of nitrogens with one attached hydrogen (secondary N) is 2. The molecule has 0 bridgehead atoms. The van der Waals surface area contributed by atoms with Gasteiger partial charge in [0.1, 0.15) is 5.75 Å². The average molecular weight is 591 g/mol. The van der Waals surface area contributed by atoms with Crippen molar-refractivity contribution in [3.63, 3.8) is 0 Å². The second kappa shape index (κ2) is 12.9. The van der Waals surface area contributed by atoms with Gasteiger partial charge in [-0.1, -0.05) is 53.8 Å². The third-order valence-electron chi connectivity index (χ3n) is 7.84. The fourth-order valence-corrected chi connectivity index (χ4v) is 9.58. The molecule has 2 aromatic carbocycles. The molecule has 0 saturated carbocycles. The number of para-hydroxylation sites is 1. The van der Waals surface area contributed by atoms with E-state index in [-0.39, 0.29) is 7.92 Å². The number of hydrogen-bond acceptors (Lipinski definition) is 8. The zero-order chi connectivity index (χ0) is 29.1. The van der Waals surface area contributed by atoms with Crippen molar-refractivity contribution in [3.05, 3.63) is 53.9 Å². The molecule has 1 fully saturated rings. The highest BCUT2D eigenvalue weighted by Crippen LogP contribution is 2.47. The number of ether oxygens (including phenoxy) is 1. The van der Waals surface area contributed by atoms with Crippen molar-refractivity contribution < 1.29 is 4.74 Å². The van der Waals surface area contributed by atoms with E-state index >= 15 is 0 Å². The maximum atomic E-state index is 5.83. The second-order valence-corrected chi connectivity index (χ2v) is 15.7. The van der Waals surface area contributed by atoms with E-state index in [1.807, 2.05) is 0 Å². The number of fused-ring (bicyclic) bond motifs is 1. The number of anilines is 5. The van der Waals surface area contributed by atoms with Crippen LogP contribution >= 0.6 is 19.3 Å². The van der Waals surface area contributed by atoms with E-state index in [2.05, 4.69) is 116 Å². The summed E-state index contributed by atoms with van der Waals surface area (Å²) in [5.41, 5.74) is 5.26. The summed E-state index contributed by atoms with van der Waals surface area (Å²) in [4.78, 5) is 14.6. The molecule has 41 heavy (non-hydrogen) atoms. The molecule has 218 valence electrons. The summed E-state index contributed by atoms with van der Waals surface area (Å²) >= 11 is 1.66. The largest absolute Gasteiger partial charge is 0.494 e. The van der Waals surface area contributed by atoms with Gasteiger partial charge >= 0.3 is 0 Å². The molecule has 0 spiro atoms. The molecular formula is C32H43N6OPS. The van der Waals surface area contributed by atoms with Gasteiger partial charge in [0.05, 0.1) is 23.0 Å². The molecular weight excluding hydrogens is 547 g/mol. The zero-order valence-corrected chi connectivity index (χ0v) is 27.0. The smallest absolute Gasteiger partial charge is 0.229 e. The summed E-state index contributed by atoms with van der Waals surface area (Å²) in [5.74, 6) is 2.15. The van der Waals surface area contributed by atoms with Gasteiger partial charge in [-0.05, 0) is 73.2 Å². The Hall–Kier alpha value is -2.93. The topological polar surface area (TPSA) is 65.6 Å². The normalized spacial score (nSPS) is 14.6. The number of benzene rings is 2. The Balaban J connectivity index is 1.42. The number of rotatable bonds is 10. The van der Waals surface area contributed by atoms with Gasteiger partial charge in [0.15, 0.2) is 5.82 Å². The molecule has 4 aromatic rings. The molecule has 2 aromatic heterocycles. The Morgan fingerprint density at radius 3 is 2.37 bits per heavy atom. The number of thiophene rings is 1.